The summed E-state index contributed by atoms with van der Waals surface area (Å²) in [6, 6.07) is 7.29. The lowest BCUT2D eigenvalue weighted by Crippen LogP contribution is -2.26. The molecule has 21 heavy (non-hydrogen) atoms. The van der Waals surface area contributed by atoms with Crippen LogP contribution in [0.5, 0.6) is 0 Å². The van der Waals surface area contributed by atoms with E-state index in [4.69, 9.17) is 10.5 Å². The number of nitrogens with two attached hydrogens (primary N) is 1. The van der Waals surface area contributed by atoms with Gasteiger partial charge in [-0.1, -0.05) is 37.3 Å². The summed E-state index contributed by atoms with van der Waals surface area (Å²) in [7, 11) is 0. The van der Waals surface area contributed by atoms with Crippen LogP contribution in [0, 0.1) is 11.8 Å². The fourth-order valence-electron chi connectivity index (χ4n) is 1.76. The van der Waals surface area contributed by atoms with E-state index in [0.29, 0.717) is 24.3 Å². The second kappa shape index (κ2) is 10.9. The van der Waals surface area contributed by atoms with E-state index >= 15 is 0 Å². The highest BCUT2D eigenvalue weighted by atomic mass is 16.5. The molecule has 0 aliphatic heterocycles. The third-order valence-electron chi connectivity index (χ3n) is 2.89. The predicted octanol–water partition coefficient (Wildman–Crippen LogP) is 1.93. The molecule has 0 unspecified atom stereocenters. The number of rotatable bonds is 8. The number of benzene rings is 1. The van der Waals surface area contributed by atoms with Gasteiger partial charge in [-0.2, -0.15) is 0 Å². The van der Waals surface area contributed by atoms with Crippen LogP contribution in [0.3, 0.4) is 0 Å². The van der Waals surface area contributed by atoms with Crippen molar-refractivity contribution in [1.29, 1.82) is 0 Å². The minimum atomic E-state index is -0.106. The van der Waals surface area contributed by atoms with E-state index < -0.39 is 0 Å². The van der Waals surface area contributed by atoms with Crippen LogP contribution >= 0.6 is 0 Å². The molecular weight excluding hydrogens is 264 g/mol. The van der Waals surface area contributed by atoms with Crippen LogP contribution in [0.1, 0.15) is 42.1 Å². The van der Waals surface area contributed by atoms with Crippen molar-refractivity contribution in [2.75, 3.05) is 26.3 Å². The molecule has 114 valence electrons. The highest BCUT2D eigenvalue weighted by Gasteiger charge is 2.08. The maximum atomic E-state index is 12.1. The molecular formula is C17H24N2O2. The summed E-state index contributed by atoms with van der Waals surface area (Å²) >= 11 is 0. The monoisotopic (exact) mass is 288 g/mol. The second-order valence-electron chi connectivity index (χ2n) is 4.63. The van der Waals surface area contributed by atoms with E-state index in [0.717, 1.165) is 25.9 Å². The van der Waals surface area contributed by atoms with Gasteiger partial charge in [-0.15, -0.1) is 0 Å². The molecule has 3 N–H and O–H groups in total. The van der Waals surface area contributed by atoms with Gasteiger partial charge in [-0.05, 0) is 25.0 Å². The zero-order valence-electron chi connectivity index (χ0n) is 12.7. The van der Waals surface area contributed by atoms with Crippen LogP contribution in [0.4, 0.5) is 0 Å². The van der Waals surface area contributed by atoms with Gasteiger partial charge in [0.1, 0.15) is 0 Å². The lowest BCUT2D eigenvalue weighted by Gasteiger charge is -2.07. The number of carbonyl (C=O) groups is 1. The molecule has 0 saturated heterocycles. The van der Waals surface area contributed by atoms with Crippen LogP contribution < -0.4 is 11.1 Å². The van der Waals surface area contributed by atoms with E-state index in [1.807, 2.05) is 18.2 Å². The first-order valence-electron chi connectivity index (χ1n) is 7.43. The van der Waals surface area contributed by atoms with Crippen molar-refractivity contribution in [1.82, 2.24) is 5.32 Å². The van der Waals surface area contributed by atoms with Crippen molar-refractivity contribution in [3.8, 4) is 11.8 Å². The lowest BCUT2D eigenvalue weighted by atomic mass is 10.1. The van der Waals surface area contributed by atoms with Gasteiger partial charge in [0.25, 0.3) is 5.91 Å². The SMILES string of the molecule is CCCCOCCCNC(=O)c1ccccc1C#CCN. The summed E-state index contributed by atoms with van der Waals surface area (Å²) in [4.78, 5) is 12.1. The lowest BCUT2D eigenvalue weighted by molar-refractivity contribution is 0.0940. The Bertz CT molecular complexity index is 489. The van der Waals surface area contributed by atoms with Crippen LogP contribution in [-0.4, -0.2) is 32.2 Å². The molecule has 0 fully saturated rings. The Morgan fingerprint density at radius 1 is 1.29 bits per heavy atom. The van der Waals surface area contributed by atoms with E-state index in [2.05, 4.69) is 24.1 Å². The molecule has 0 radical (unpaired) electrons. The standard InChI is InChI=1S/C17H24N2O2/c1-2-3-13-21-14-7-12-19-17(20)16-10-5-4-8-15(16)9-6-11-18/h4-5,8,10H,2-3,7,11-14,18H2,1H3,(H,19,20). The molecule has 0 atom stereocenters. The minimum absolute atomic E-state index is 0.106. The minimum Gasteiger partial charge on any atom is -0.381 e. The zero-order chi connectivity index (χ0) is 15.3. The molecule has 1 aromatic rings. The Morgan fingerprint density at radius 3 is 2.81 bits per heavy atom. The van der Waals surface area contributed by atoms with Gasteiger partial charge in [0.05, 0.1) is 12.1 Å². The molecule has 0 aliphatic rings. The average Bonchev–Trinajstić information content (AvgIpc) is 2.52. The van der Waals surface area contributed by atoms with Crippen LogP contribution in [0.25, 0.3) is 0 Å². The molecule has 1 amide bonds. The number of unbranched alkanes of at least 4 members (excludes halogenated alkanes) is 1. The summed E-state index contributed by atoms with van der Waals surface area (Å²) in [5, 5.41) is 2.89. The van der Waals surface area contributed by atoms with Crippen molar-refractivity contribution in [3.05, 3.63) is 35.4 Å². The number of carbonyl (C=O) groups excluding carboxylic acids is 1. The van der Waals surface area contributed by atoms with Gasteiger partial charge < -0.3 is 15.8 Å². The molecule has 0 saturated carbocycles. The third-order valence-corrected chi connectivity index (χ3v) is 2.89. The van der Waals surface area contributed by atoms with E-state index in [1.54, 1.807) is 6.07 Å². The van der Waals surface area contributed by atoms with Crippen molar-refractivity contribution in [2.24, 2.45) is 5.73 Å². The Morgan fingerprint density at radius 2 is 2.05 bits per heavy atom. The Kier molecular flexibility index (Phi) is 8.94. The molecule has 0 aliphatic carbocycles. The number of hydrogen-bond donors (Lipinski definition) is 2. The Balaban J connectivity index is 2.38. The highest BCUT2D eigenvalue weighted by Crippen LogP contribution is 2.07. The molecule has 4 heteroatoms. The summed E-state index contributed by atoms with van der Waals surface area (Å²) in [6.07, 6.45) is 3.03. The predicted molar refractivity (Wildman–Crippen MR) is 85.1 cm³/mol. The second-order valence-corrected chi connectivity index (χ2v) is 4.63. The Hall–Kier alpha value is -1.83. The number of hydrogen-bond acceptors (Lipinski definition) is 3. The van der Waals surface area contributed by atoms with Crippen molar-refractivity contribution >= 4 is 5.91 Å². The van der Waals surface area contributed by atoms with Crippen molar-refractivity contribution in [2.45, 2.75) is 26.2 Å². The molecule has 0 spiro atoms. The maximum Gasteiger partial charge on any atom is 0.252 e. The number of ether oxygens (including phenoxy) is 1. The van der Waals surface area contributed by atoms with Gasteiger partial charge in [0.15, 0.2) is 0 Å². The molecule has 0 bridgehead atoms. The fraction of sp³-hybridized carbons (Fsp3) is 0.471. The number of nitrogens with one attached hydrogen (secondary N) is 1. The van der Waals surface area contributed by atoms with Crippen LogP contribution in [0.15, 0.2) is 24.3 Å². The summed E-state index contributed by atoms with van der Waals surface area (Å²) in [5.74, 6) is 5.59. The zero-order valence-corrected chi connectivity index (χ0v) is 12.7. The highest BCUT2D eigenvalue weighted by molar-refractivity contribution is 5.96. The summed E-state index contributed by atoms with van der Waals surface area (Å²) in [5.41, 5.74) is 6.66. The van der Waals surface area contributed by atoms with Crippen molar-refractivity contribution in [3.63, 3.8) is 0 Å². The van der Waals surface area contributed by atoms with Gasteiger partial charge in [0.2, 0.25) is 0 Å². The smallest absolute Gasteiger partial charge is 0.252 e. The molecule has 1 aromatic carbocycles. The quantitative estimate of drug-likeness (QED) is 0.567. The maximum absolute atomic E-state index is 12.1. The van der Waals surface area contributed by atoms with E-state index in [9.17, 15) is 4.79 Å². The van der Waals surface area contributed by atoms with Gasteiger partial charge >= 0.3 is 0 Å². The third kappa shape index (κ3) is 6.94. The molecule has 0 heterocycles. The van der Waals surface area contributed by atoms with E-state index in [1.165, 1.54) is 0 Å². The van der Waals surface area contributed by atoms with E-state index in [-0.39, 0.29) is 12.5 Å². The number of amides is 1. The first-order chi connectivity index (χ1) is 10.3. The average molecular weight is 288 g/mol. The van der Waals surface area contributed by atoms with Gasteiger partial charge in [0, 0.05) is 25.3 Å². The largest absolute Gasteiger partial charge is 0.381 e. The molecule has 1 rings (SSSR count). The Labute approximate surface area is 127 Å². The molecule has 4 nitrogen and oxygen atoms in total. The first-order valence-corrected chi connectivity index (χ1v) is 7.43. The first kappa shape index (κ1) is 17.2. The normalized spacial score (nSPS) is 9.81. The van der Waals surface area contributed by atoms with Crippen LogP contribution in [0.2, 0.25) is 0 Å². The van der Waals surface area contributed by atoms with Gasteiger partial charge in [-0.25, -0.2) is 0 Å². The summed E-state index contributed by atoms with van der Waals surface area (Å²) in [6.45, 7) is 4.49. The summed E-state index contributed by atoms with van der Waals surface area (Å²) < 4.78 is 5.45. The van der Waals surface area contributed by atoms with Crippen LogP contribution in [-0.2, 0) is 4.74 Å². The fourth-order valence-corrected chi connectivity index (χ4v) is 1.76. The molecule has 0 aromatic heterocycles. The van der Waals surface area contributed by atoms with Crippen molar-refractivity contribution < 1.29 is 9.53 Å². The topological polar surface area (TPSA) is 64.3 Å². The van der Waals surface area contributed by atoms with Gasteiger partial charge in [-0.3, -0.25) is 4.79 Å².